The minimum atomic E-state index is -0.747. The summed E-state index contributed by atoms with van der Waals surface area (Å²) in [7, 11) is 1.76. The van der Waals surface area contributed by atoms with E-state index in [1.54, 1.807) is 17.7 Å². The number of amides is 1. The largest absolute Gasteiger partial charge is 0.317 e. The molecule has 1 aromatic carbocycles. The smallest absolute Gasteiger partial charge is 0.246 e. The van der Waals surface area contributed by atoms with E-state index in [0.717, 1.165) is 5.52 Å². The Hall–Kier alpha value is -1.66. The highest BCUT2D eigenvalue weighted by molar-refractivity contribution is 6.00. The van der Waals surface area contributed by atoms with Gasteiger partial charge in [0.15, 0.2) is 0 Å². The van der Waals surface area contributed by atoms with E-state index < -0.39 is 5.54 Å². The van der Waals surface area contributed by atoms with Gasteiger partial charge >= 0.3 is 0 Å². The van der Waals surface area contributed by atoms with E-state index in [2.05, 4.69) is 10.3 Å². The zero-order valence-corrected chi connectivity index (χ0v) is 11.1. The number of benzene rings is 1. The third kappa shape index (κ3) is 2.29. The summed E-state index contributed by atoms with van der Waals surface area (Å²) in [6.07, 6.45) is 1.38. The van der Waals surface area contributed by atoms with Crippen molar-refractivity contribution in [2.75, 3.05) is 5.32 Å². The van der Waals surface area contributed by atoms with Gasteiger partial charge in [0.1, 0.15) is 5.82 Å². The van der Waals surface area contributed by atoms with Gasteiger partial charge < -0.3 is 10.3 Å². The summed E-state index contributed by atoms with van der Waals surface area (Å²) < 4.78 is 14.8. The second kappa shape index (κ2) is 4.47. The Morgan fingerprint density at radius 1 is 1.53 bits per heavy atom. The van der Waals surface area contributed by atoms with Crippen molar-refractivity contribution in [1.82, 2.24) is 9.55 Å². The summed E-state index contributed by atoms with van der Waals surface area (Å²) in [5, 5.41) is 2.69. The Morgan fingerprint density at radius 2 is 2.21 bits per heavy atom. The number of nitrogens with zero attached hydrogens (tertiary/aromatic N) is 2. The average Bonchev–Trinajstić information content (AvgIpc) is 3.00. The van der Waals surface area contributed by atoms with Gasteiger partial charge in [0.05, 0.1) is 16.6 Å². The number of carbonyl (C=O) groups is 1. The third-order valence-corrected chi connectivity index (χ3v) is 3.31. The van der Waals surface area contributed by atoms with Crippen LogP contribution in [0.25, 0.3) is 11.0 Å². The van der Waals surface area contributed by atoms with Gasteiger partial charge in [0, 0.05) is 13.1 Å². The number of rotatable bonds is 2. The van der Waals surface area contributed by atoms with Crippen molar-refractivity contribution in [3.05, 3.63) is 24.0 Å². The van der Waals surface area contributed by atoms with E-state index >= 15 is 0 Å². The van der Waals surface area contributed by atoms with Crippen LogP contribution in [0, 0.1) is 5.82 Å². The molecule has 0 spiro atoms. The minimum absolute atomic E-state index is 0. The lowest BCUT2D eigenvalue weighted by Crippen LogP contribution is -2.38. The number of nitrogens with two attached hydrogens (primary N) is 1. The van der Waals surface area contributed by atoms with E-state index in [4.69, 9.17) is 5.73 Å². The van der Waals surface area contributed by atoms with Crippen molar-refractivity contribution < 1.29 is 9.18 Å². The summed E-state index contributed by atoms with van der Waals surface area (Å²) in [6, 6.07) is 4.32. The Kier molecular flexibility index (Phi) is 3.24. The molecule has 0 bridgehead atoms. The fraction of sp³-hybridized carbons (Fsp3) is 0.333. The molecule has 0 saturated heterocycles. The maximum atomic E-state index is 13.1. The SMILES string of the molecule is Cl.Cn1c(NC(=O)C2(N)CC2)nc2cc(F)ccc21. The first kappa shape index (κ1) is 13.8. The van der Waals surface area contributed by atoms with Crippen molar-refractivity contribution in [2.24, 2.45) is 12.8 Å². The molecule has 1 aliphatic rings. The number of hydrogen-bond acceptors (Lipinski definition) is 3. The van der Waals surface area contributed by atoms with E-state index in [1.807, 2.05) is 0 Å². The Labute approximate surface area is 115 Å². The van der Waals surface area contributed by atoms with E-state index in [9.17, 15) is 9.18 Å². The van der Waals surface area contributed by atoms with Gasteiger partial charge in [-0.05, 0) is 25.0 Å². The molecule has 1 aromatic heterocycles. The number of anilines is 1. The number of fused-ring (bicyclic) bond motifs is 1. The molecule has 0 aliphatic heterocycles. The van der Waals surface area contributed by atoms with Gasteiger partial charge in [-0.1, -0.05) is 0 Å². The van der Waals surface area contributed by atoms with Crippen LogP contribution in [0.1, 0.15) is 12.8 Å². The van der Waals surface area contributed by atoms with Crippen LogP contribution in [0.5, 0.6) is 0 Å². The number of hydrogen-bond donors (Lipinski definition) is 2. The first-order valence-electron chi connectivity index (χ1n) is 5.72. The Balaban J connectivity index is 0.00000133. The van der Waals surface area contributed by atoms with Crippen molar-refractivity contribution in [3.63, 3.8) is 0 Å². The standard InChI is InChI=1S/C12H13FN4O.ClH/c1-17-9-3-2-7(13)6-8(9)15-11(17)16-10(18)12(14)4-5-12;/h2-3,6H,4-5,14H2,1H3,(H,15,16,18);1H. The number of imidazole rings is 1. The summed E-state index contributed by atoms with van der Waals surface area (Å²) in [6.45, 7) is 0. The molecule has 3 N–H and O–H groups in total. The van der Waals surface area contributed by atoms with Crippen LogP contribution in [0.4, 0.5) is 10.3 Å². The van der Waals surface area contributed by atoms with Crippen molar-refractivity contribution in [3.8, 4) is 0 Å². The molecule has 2 aromatic rings. The molecule has 1 fully saturated rings. The highest BCUT2D eigenvalue weighted by Crippen LogP contribution is 2.33. The Morgan fingerprint density at radius 3 is 2.84 bits per heavy atom. The molecule has 0 unspecified atom stereocenters. The fourth-order valence-corrected chi connectivity index (χ4v) is 1.87. The molecule has 5 nitrogen and oxygen atoms in total. The van der Waals surface area contributed by atoms with Gasteiger partial charge in [0.25, 0.3) is 0 Å². The molecule has 102 valence electrons. The zero-order valence-electron chi connectivity index (χ0n) is 10.3. The number of carbonyl (C=O) groups excluding carboxylic acids is 1. The number of aromatic nitrogens is 2. The van der Waals surface area contributed by atoms with Crippen LogP contribution in [0.3, 0.4) is 0 Å². The van der Waals surface area contributed by atoms with E-state index in [1.165, 1.54) is 12.1 Å². The molecule has 19 heavy (non-hydrogen) atoms. The lowest BCUT2D eigenvalue weighted by molar-refractivity contribution is -0.118. The summed E-state index contributed by atoms with van der Waals surface area (Å²) in [5.74, 6) is -0.199. The second-order valence-electron chi connectivity index (χ2n) is 4.74. The minimum Gasteiger partial charge on any atom is -0.317 e. The van der Waals surface area contributed by atoms with Gasteiger partial charge in [-0.2, -0.15) is 0 Å². The van der Waals surface area contributed by atoms with Crippen molar-refractivity contribution in [1.29, 1.82) is 0 Å². The summed E-state index contributed by atoms with van der Waals surface area (Å²) in [4.78, 5) is 16.0. The zero-order chi connectivity index (χ0) is 12.9. The number of aryl methyl sites for hydroxylation is 1. The molecule has 1 heterocycles. The average molecular weight is 285 g/mol. The lowest BCUT2D eigenvalue weighted by Gasteiger charge is -2.09. The predicted octanol–water partition coefficient (Wildman–Crippen LogP) is 1.56. The second-order valence-corrected chi connectivity index (χ2v) is 4.74. The van der Waals surface area contributed by atoms with Crippen molar-refractivity contribution >= 4 is 35.3 Å². The topological polar surface area (TPSA) is 72.9 Å². The van der Waals surface area contributed by atoms with Gasteiger partial charge in [-0.25, -0.2) is 9.37 Å². The van der Waals surface area contributed by atoms with Crippen LogP contribution in [-0.2, 0) is 11.8 Å². The maximum Gasteiger partial charge on any atom is 0.246 e. The van der Waals surface area contributed by atoms with E-state index in [0.29, 0.717) is 24.3 Å². The molecule has 0 atom stereocenters. The first-order valence-corrected chi connectivity index (χ1v) is 5.72. The monoisotopic (exact) mass is 284 g/mol. The molecule has 0 radical (unpaired) electrons. The van der Waals surface area contributed by atoms with Crippen LogP contribution in [0.15, 0.2) is 18.2 Å². The first-order chi connectivity index (χ1) is 8.49. The quantitative estimate of drug-likeness (QED) is 0.879. The highest BCUT2D eigenvalue weighted by Gasteiger charge is 2.46. The fourth-order valence-electron chi connectivity index (χ4n) is 1.87. The molecule has 1 aliphatic carbocycles. The van der Waals surface area contributed by atoms with Crippen LogP contribution < -0.4 is 11.1 Å². The predicted molar refractivity (Wildman–Crippen MR) is 72.7 cm³/mol. The lowest BCUT2D eigenvalue weighted by atomic mass is 10.3. The molecular weight excluding hydrogens is 271 g/mol. The van der Waals surface area contributed by atoms with Crippen LogP contribution in [0.2, 0.25) is 0 Å². The Bertz CT molecular complexity index is 650. The van der Waals surface area contributed by atoms with Crippen LogP contribution >= 0.6 is 12.4 Å². The normalized spacial score (nSPS) is 15.9. The van der Waals surface area contributed by atoms with Crippen LogP contribution in [-0.4, -0.2) is 21.0 Å². The highest BCUT2D eigenvalue weighted by atomic mass is 35.5. The molecule has 1 saturated carbocycles. The third-order valence-electron chi connectivity index (χ3n) is 3.31. The number of halogens is 2. The molecular formula is C12H14ClFN4O. The summed E-state index contributed by atoms with van der Waals surface area (Å²) in [5.41, 5.74) is 6.32. The summed E-state index contributed by atoms with van der Waals surface area (Å²) >= 11 is 0. The molecule has 3 rings (SSSR count). The van der Waals surface area contributed by atoms with Gasteiger partial charge in [-0.3, -0.25) is 10.1 Å². The van der Waals surface area contributed by atoms with Gasteiger partial charge in [-0.15, -0.1) is 12.4 Å². The molecule has 7 heteroatoms. The van der Waals surface area contributed by atoms with Crippen molar-refractivity contribution in [2.45, 2.75) is 18.4 Å². The molecule has 1 amide bonds. The van der Waals surface area contributed by atoms with E-state index in [-0.39, 0.29) is 24.1 Å². The number of nitrogens with one attached hydrogen (secondary N) is 1. The van der Waals surface area contributed by atoms with Gasteiger partial charge in [0.2, 0.25) is 11.9 Å². The maximum absolute atomic E-state index is 13.1.